The van der Waals surface area contributed by atoms with Crippen LogP contribution >= 0.6 is 0 Å². The number of anilines is 2. The highest BCUT2D eigenvalue weighted by Gasteiger charge is 2.21. The summed E-state index contributed by atoms with van der Waals surface area (Å²) in [5.74, 6) is 0.631. The fraction of sp³-hybridized carbons (Fsp3) is 0.286. The minimum absolute atomic E-state index is 0. The zero-order valence-electron chi connectivity index (χ0n) is 23.3. The second kappa shape index (κ2) is 15.7. The van der Waals surface area contributed by atoms with Gasteiger partial charge in [-0.3, -0.25) is 9.59 Å². The molecule has 4 heterocycles. The van der Waals surface area contributed by atoms with E-state index in [0.717, 1.165) is 16.6 Å². The van der Waals surface area contributed by atoms with Crippen LogP contribution in [0.3, 0.4) is 0 Å². The molecular weight excluding hydrogens is 598 g/mol. The lowest BCUT2D eigenvalue weighted by Crippen LogP contribution is -2.32. The third-order valence-corrected chi connectivity index (χ3v) is 6.26. The summed E-state index contributed by atoms with van der Waals surface area (Å²) in [6.45, 7) is 0.944. The number of fused-ring (bicyclic) bond motifs is 2. The highest BCUT2D eigenvalue weighted by atomic mass is 16.6. The quantitative estimate of drug-likeness (QED) is 0.121. The maximum Gasteiger partial charge on any atom is 0.240 e. The molecule has 0 unspecified atom stereocenters. The van der Waals surface area contributed by atoms with E-state index in [1.807, 2.05) is 48.5 Å². The molecule has 0 saturated carbocycles. The van der Waals surface area contributed by atoms with Gasteiger partial charge in [-0.1, -0.05) is 39.1 Å². The van der Waals surface area contributed by atoms with E-state index in [0.29, 0.717) is 35.9 Å². The van der Waals surface area contributed by atoms with Crippen LogP contribution in [-0.4, -0.2) is 82.9 Å². The molecule has 0 aliphatic carbocycles. The van der Waals surface area contributed by atoms with Crippen LogP contribution in [0.4, 0.5) is 11.6 Å². The summed E-state index contributed by atoms with van der Waals surface area (Å²) < 4.78 is 12.6. The molecule has 0 radical (unpaired) electrons. The lowest BCUT2D eigenvalue weighted by molar-refractivity contribution is -0.122. The molecule has 0 bridgehead atoms. The van der Waals surface area contributed by atoms with E-state index >= 15 is 0 Å². The number of rotatable bonds is 10. The summed E-state index contributed by atoms with van der Waals surface area (Å²) in [6, 6.07) is 14.8. The number of imidazole rings is 2. The van der Waals surface area contributed by atoms with Crippen molar-refractivity contribution < 1.29 is 24.0 Å². The van der Waals surface area contributed by atoms with Crippen molar-refractivity contribution in [2.24, 2.45) is 5.73 Å². The average molecular weight is 636 g/mol. The van der Waals surface area contributed by atoms with E-state index in [1.165, 1.54) is 0 Å². The number of hydrogen-bond acceptors (Lipinski definition) is 14. The third-order valence-electron chi connectivity index (χ3n) is 6.26. The smallest absolute Gasteiger partial charge is 0.240 e. The van der Waals surface area contributed by atoms with E-state index in [1.54, 1.807) is 9.13 Å². The Kier molecular flexibility index (Phi) is 11.8. The number of benzene rings is 2. The van der Waals surface area contributed by atoms with E-state index in [9.17, 15) is 9.59 Å². The standard InChI is InChI=1S/C13H15N7O2.C13H14N6O3.2CH4/c14-5-6-16-10(21)7-20-9-4-2-1-3-8(9)17-13(20)11-12(15)19-22-18-11;14-12-11(17-22-18-12)13-16-8-3-1-2-4-9(8)19(13)7-10(21)15-5-6-20;;/h1-4H,5-7,14H2,(H2,15,19)(H,16,21);1-4,20H,5-7H2,(H2,14,18)(H,15,21);2*1H4. The highest BCUT2D eigenvalue weighted by molar-refractivity contribution is 5.86. The molecule has 244 valence electrons. The summed E-state index contributed by atoms with van der Waals surface area (Å²) >= 11 is 0. The summed E-state index contributed by atoms with van der Waals surface area (Å²) in [5, 5.41) is 28.7. The first-order valence-electron chi connectivity index (χ1n) is 13.3. The Bertz CT molecular complexity index is 1750. The number of carbonyl (C=O) groups excluding carboxylic acids is 2. The number of aromatic nitrogens is 8. The van der Waals surface area contributed by atoms with Crippen LogP contribution in [0.2, 0.25) is 0 Å². The van der Waals surface area contributed by atoms with Gasteiger partial charge >= 0.3 is 0 Å². The lowest BCUT2D eigenvalue weighted by atomic mass is 10.3. The number of nitrogen functional groups attached to an aromatic ring is 2. The van der Waals surface area contributed by atoms with Crippen molar-refractivity contribution in [3.05, 3.63) is 48.5 Å². The Labute approximate surface area is 262 Å². The molecule has 9 N–H and O–H groups in total. The Morgan fingerprint density at radius 2 is 1.15 bits per heavy atom. The van der Waals surface area contributed by atoms with Crippen molar-refractivity contribution in [2.75, 3.05) is 37.7 Å². The molecule has 4 aromatic heterocycles. The molecule has 6 rings (SSSR count). The van der Waals surface area contributed by atoms with Gasteiger partial charge in [0.25, 0.3) is 0 Å². The normalized spacial score (nSPS) is 10.5. The molecule has 46 heavy (non-hydrogen) atoms. The minimum atomic E-state index is -0.256. The highest BCUT2D eigenvalue weighted by Crippen LogP contribution is 2.27. The maximum atomic E-state index is 12.0. The number of amides is 2. The molecule has 2 amide bonds. The van der Waals surface area contributed by atoms with Gasteiger partial charge in [-0.2, -0.15) is 0 Å². The van der Waals surface area contributed by atoms with Crippen molar-refractivity contribution in [1.29, 1.82) is 0 Å². The van der Waals surface area contributed by atoms with E-state index in [4.69, 9.17) is 22.3 Å². The predicted octanol–water partition coefficient (Wildman–Crippen LogP) is 0.793. The number of hydrogen-bond donors (Lipinski definition) is 6. The van der Waals surface area contributed by atoms with Gasteiger partial charge in [0.2, 0.25) is 11.8 Å². The molecule has 0 atom stereocenters. The van der Waals surface area contributed by atoms with Gasteiger partial charge in [0.05, 0.1) is 28.7 Å². The second-order valence-corrected chi connectivity index (χ2v) is 9.23. The number of aliphatic hydroxyl groups excluding tert-OH is 1. The number of aliphatic hydroxyl groups is 1. The number of nitrogens with one attached hydrogen (secondary N) is 2. The fourth-order valence-electron chi connectivity index (χ4n) is 4.34. The number of nitrogens with two attached hydrogens (primary N) is 3. The third kappa shape index (κ3) is 7.42. The zero-order chi connectivity index (χ0) is 31.1. The molecule has 0 fully saturated rings. The maximum absolute atomic E-state index is 12.0. The van der Waals surface area contributed by atoms with E-state index in [2.05, 4.69) is 50.5 Å². The first-order chi connectivity index (χ1) is 21.4. The van der Waals surface area contributed by atoms with Gasteiger partial charge in [-0.25, -0.2) is 19.2 Å². The van der Waals surface area contributed by atoms with Crippen LogP contribution in [0.15, 0.2) is 57.8 Å². The van der Waals surface area contributed by atoms with Crippen LogP contribution < -0.4 is 27.8 Å². The molecule has 0 spiro atoms. The summed E-state index contributed by atoms with van der Waals surface area (Å²) in [4.78, 5) is 32.9. The Morgan fingerprint density at radius 3 is 1.54 bits per heavy atom. The van der Waals surface area contributed by atoms with Crippen molar-refractivity contribution >= 4 is 45.5 Å². The monoisotopic (exact) mass is 635 g/mol. The molecule has 18 nitrogen and oxygen atoms in total. The molecule has 0 aliphatic rings. The molecule has 18 heteroatoms. The molecule has 6 aromatic rings. The van der Waals surface area contributed by atoms with Crippen molar-refractivity contribution in [3.8, 4) is 23.0 Å². The van der Waals surface area contributed by atoms with Crippen LogP contribution in [0.5, 0.6) is 0 Å². The topological polar surface area (TPSA) is 270 Å². The van der Waals surface area contributed by atoms with E-state index < -0.39 is 0 Å². The minimum Gasteiger partial charge on any atom is -0.395 e. The SMILES string of the molecule is C.C.NCCNC(=O)Cn1c(-c2nonc2N)nc2ccccc21.Nc1nonc1-c1nc2ccccc2n1CC(=O)NCCO. The molecular formula is C28H37N13O5. The van der Waals surface area contributed by atoms with Crippen molar-refractivity contribution in [2.45, 2.75) is 27.9 Å². The first kappa shape index (κ1) is 34.6. The average Bonchev–Trinajstić information content (AvgIpc) is 3.81. The van der Waals surface area contributed by atoms with Crippen LogP contribution in [-0.2, 0) is 22.7 Å². The van der Waals surface area contributed by atoms with Gasteiger partial charge in [0.15, 0.2) is 34.7 Å². The largest absolute Gasteiger partial charge is 0.395 e. The summed E-state index contributed by atoms with van der Waals surface area (Å²) in [6.07, 6.45) is 0. The molecule has 0 aliphatic heterocycles. The summed E-state index contributed by atoms with van der Waals surface area (Å²) in [7, 11) is 0. The number of para-hydroxylation sites is 4. The Hall–Kier alpha value is -5.88. The van der Waals surface area contributed by atoms with Crippen LogP contribution in [0.25, 0.3) is 45.1 Å². The summed E-state index contributed by atoms with van der Waals surface area (Å²) in [5.41, 5.74) is 20.4. The van der Waals surface area contributed by atoms with E-state index in [-0.39, 0.29) is 70.2 Å². The van der Waals surface area contributed by atoms with Gasteiger partial charge in [-0.05, 0) is 44.9 Å². The van der Waals surface area contributed by atoms with Crippen LogP contribution in [0.1, 0.15) is 14.9 Å². The van der Waals surface area contributed by atoms with Gasteiger partial charge in [0.1, 0.15) is 13.1 Å². The first-order valence-corrected chi connectivity index (χ1v) is 13.3. The van der Waals surface area contributed by atoms with Crippen molar-refractivity contribution in [1.82, 2.24) is 50.4 Å². The predicted molar refractivity (Wildman–Crippen MR) is 170 cm³/mol. The zero-order valence-corrected chi connectivity index (χ0v) is 23.3. The van der Waals surface area contributed by atoms with Gasteiger partial charge in [-0.15, -0.1) is 0 Å². The Morgan fingerprint density at radius 1 is 0.717 bits per heavy atom. The number of carbonyl (C=O) groups is 2. The van der Waals surface area contributed by atoms with Gasteiger partial charge in [0, 0.05) is 19.6 Å². The second-order valence-electron chi connectivity index (χ2n) is 9.23. The van der Waals surface area contributed by atoms with Crippen molar-refractivity contribution in [3.63, 3.8) is 0 Å². The van der Waals surface area contributed by atoms with Crippen LogP contribution in [0, 0.1) is 0 Å². The molecule has 0 saturated heterocycles. The molecule has 2 aromatic carbocycles. The van der Waals surface area contributed by atoms with Gasteiger partial charge < -0.3 is 42.1 Å². The Balaban J connectivity index is 0.000000240. The fourth-order valence-corrected chi connectivity index (χ4v) is 4.34. The lowest BCUT2D eigenvalue weighted by Gasteiger charge is -2.08. The number of nitrogens with zero attached hydrogens (tertiary/aromatic N) is 8.